The number of nitrogen functional groups attached to an aromatic ring is 1. The second kappa shape index (κ2) is 5.67. The van der Waals surface area contributed by atoms with Crippen LogP contribution in [0.4, 0.5) is 11.4 Å². The van der Waals surface area contributed by atoms with Crippen LogP contribution >= 0.6 is 15.9 Å². The topological polar surface area (TPSA) is 55.1 Å². The number of hydrogen-bond donors (Lipinski definition) is 2. The van der Waals surface area contributed by atoms with E-state index >= 15 is 0 Å². The Bertz CT molecular complexity index is 657. The zero-order chi connectivity index (χ0) is 14.9. The van der Waals surface area contributed by atoms with E-state index in [1.54, 1.807) is 12.1 Å². The summed E-state index contributed by atoms with van der Waals surface area (Å²) >= 11 is 3.35. The van der Waals surface area contributed by atoms with E-state index in [-0.39, 0.29) is 5.91 Å². The van der Waals surface area contributed by atoms with Gasteiger partial charge in [0.1, 0.15) is 0 Å². The van der Waals surface area contributed by atoms with Gasteiger partial charge in [0, 0.05) is 10.0 Å². The second-order valence-electron chi connectivity index (χ2n) is 4.96. The molecule has 0 saturated heterocycles. The minimum atomic E-state index is -0.131. The molecule has 3 N–H and O–H groups in total. The molecule has 104 valence electrons. The average Bonchev–Trinajstić information content (AvgIpc) is 2.31. The van der Waals surface area contributed by atoms with Gasteiger partial charge in [-0.1, -0.05) is 33.6 Å². The molecule has 4 heteroatoms. The number of halogens is 1. The molecule has 0 aliphatic rings. The van der Waals surface area contributed by atoms with Gasteiger partial charge in [0.2, 0.25) is 0 Å². The molecule has 0 aliphatic heterocycles. The van der Waals surface area contributed by atoms with E-state index in [4.69, 9.17) is 5.73 Å². The van der Waals surface area contributed by atoms with Crippen molar-refractivity contribution in [3.05, 3.63) is 57.1 Å². The largest absolute Gasteiger partial charge is 0.397 e. The number of amides is 1. The Morgan fingerprint density at radius 3 is 2.25 bits per heavy atom. The quantitative estimate of drug-likeness (QED) is 0.809. The molecule has 2 aromatic carbocycles. The molecular weight excluding hydrogens is 316 g/mol. The van der Waals surface area contributed by atoms with Crippen LogP contribution in [-0.2, 0) is 0 Å². The molecule has 20 heavy (non-hydrogen) atoms. The average molecular weight is 333 g/mol. The lowest BCUT2D eigenvalue weighted by atomic mass is 9.99. The number of anilines is 2. The highest BCUT2D eigenvalue weighted by molar-refractivity contribution is 9.10. The molecule has 0 unspecified atom stereocenters. The molecule has 0 atom stereocenters. The van der Waals surface area contributed by atoms with Crippen LogP contribution in [0.1, 0.15) is 27.0 Å². The first-order chi connectivity index (χ1) is 9.38. The van der Waals surface area contributed by atoms with Crippen molar-refractivity contribution in [3.63, 3.8) is 0 Å². The molecule has 2 aromatic rings. The predicted octanol–water partition coefficient (Wildman–Crippen LogP) is 4.21. The van der Waals surface area contributed by atoms with Gasteiger partial charge >= 0.3 is 0 Å². The summed E-state index contributed by atoms with van der Waals surface area (Å²) < 4.78 is 0.885. The molecule has 0 heterocycles. The van der Waals surface area contributed by atoms with E-state index in [1.807, 2.05) is 39.0 Å². The van der Waals surface area contributed by atoms with Crippen LogP contribution in [0.15, 0.2) is 34.8 Å². The Labute approximate surface area is 127 Å². The molecule has 0 aromatic heterocycles. The van der Waals surface area contributed by atoms with Crippen molar-refractivity contribution in [1.29, 1.82) is 0 Å². The molecular formula is C16H17BrN2O. The van der Waals surface area contributed by atoms with Crippen LogP contribution < -0.4 is 11.1 Å². The van der Waals surface area contributed by atoms with Gasteiger partial charge < -0.3 is 11.1 Å². The van der Waals surface area contributed by atoms with Gasteiger partial charge in [0.15, 0.2) is 0 Å². The van der Waals surface area contributed by atoms with E-state index in [9.17, 15) is 4.79 Å². The third-order valence-corrected chi connectivity index (χ3v) is 3.66. The van der Waals surface area contributed by atoms with Crippen molar-refractivity contribution in [3.8, 4) is 0 Å². The maximum Gasteiger partial charge on any atom is 0.256 e. The van der Waals surface area contributed by atoms with Gasteiger partial charge in [0.05, 0.1) is 11.4 Å². The van der Waals surface area contributed by atoms with Crippen molar-refractivity contribution < 1.29 is 4.79 Å². The summed E-state index contributed by atoms with van der Waals surface area (Å²) in [5, 5.41) is 2.87. The summed E-state index contributed by atoms with van der Waals surface area (Å²) in [5.41, 5.74) is 10.9. The van der Waals surface area contributed by atoms with Crippen molar-refractivity contribution in [2.24, 2.45) is 0 Å². The minimum Gasteiger partial charge on any atom is -0.397 e. The summed E-state index contributed by atoms with van der Waals surface area (Å²) in [7, 11) is 0. The third-order valence-electron chi connectivity index (χ3n) is 3.17. The van der Waals surface area contributed by atoms with Gasteiger partial charge in [-0.2, -0.15) is 0 Å². The van der Waals surface area contributed by atoms with Crippen molar-refractivity contribution in [1.82, 2.24) is 0 Å². The molecule has 1 amide bonds. The van der Waals surface area contributed by atoms with Crippen LogP contribution in [0.25, 0.3) is 0 Å². The van der Waals surface area contributed by atoms with E-state index in [0.717, 1.165) is 21.2 Å². The molecule has 0 radical (unpaired) electrons. The zero-order valence-corrected chi connectivity index (χ0v) is 13.3. The van der Waals surface area contributed by atoms with Crippen LogP contribution in [-0.4, -0.2) is 5.91 Å². The van der Waals surface area contributed by atoms with Crippen LogP contribution in [0.5, 0.6) is 0 Å². The van der Waals surface area contributed by atoms with Gasteiger partial charge in [0.25, 0.3) is 5.91 Å². The third kappa shape index (κ3) is 3.02. The Kier molecular flexibility index (Phi) is 4.14. The van der Waals surface area contributed by atoms with Gasteiger partial charge in [-0.15, -0.1) is 0 Å². The molecule has 0 bridgehead atoms. The highest BCUT2D eigenvalue weighted by atomic mass is 79.9. The minimum absolute atomic E-state index is 0.131. The Balaban J connectivity index is 2.33. The second-order valence-corrected chi connectivity index (χ2v) is 5.88. The Hall–Kier alpha value is -1.81. The zero-order valence-electron chi connectivity index (χ0n) is 11.8. The van der Waals surface area contributed by atoms with Gasteiger partial charge in [-0.25, -0.2) is 0 Å². The first-order valence-electron chi connectivity index (χ1n) is 6.32. The highest BCUT2D eigenvalue weighted by Crippen LogP contribution is 2.25. The van der Waals surface area contributed by atoms with Crippen molar-refractivity contribution in [2.45, 2.75) is 20.8 Å². The normalized spacial score (nSPS) is 10.4. The molecule has 2 rings (SSSR count). The van der Waals surface area contributed by atoms with E-state index in [1.165, 1.54) is 0 Å². The number of benzene rings is 2. The number of aryl methyl sites for hydroxylation is 3. The molecule has 0 fully saturated rings. The number of hydrogen-bond acceptors (Lipinski definition) is 2. The maximum absolute atomic E-state index is 12.4. The van der Waals surface area contributed by atoms with E-state index in [2.05, 4.69) is 21.2 Å². The lowest BCUT2D eigenvalue weighted by Gasteiger charge is -2.13. The number of nitrogens with one attached hydrogen (secondary N) is 1. The lowest BCUT2D eigenvalue weighted by molar-refractivity contribution is 0.102. The fourth-order valence-electron chi connectivity index (χ4n) is 2.37. The molecule has 3 nitrogen and oxygen atoms in total. The highest BCUT2D eigenvalue weighted by Gasteiger charge is 2.14. The van der Waals surface area contributed by atoms with Gasteiger partial charge in [-0.05, 0) is 50.1 Å². The standard InChI is InChI=1S/C16H17BrN2O/c1-9-6-10(2)15(11(3)7-9)16(20)19-14-5-4-12(17)8-13(14)18/h4-8H,18H2,1-3H3,(H,19,20). The summed E-state index contributed by atoms with van der Waals surface area (Å²) in [5.74, 6) is -0.131. The summed E-state index contributed by atoms with van der Waals surface area (Å²) in [6.45, 7) is 5.91. The maximum atomic E-state index is 12.4. The van der Waals surface area contributed by atoms with Crippen LogP contribution in [0.3, 0.4) is 0 Å². The first kappa shape index (κ1) is 14.6. The van der Waals surface area contributed by atoms with Crippen molar-refractivity contribution >= 4 is 33.2 Å². The van der Waals surface area contributed by atoms with Crippen LogP contribution in [0.2, 0.25) is 0 Å². The molecule has 0 saturated carbocycles. The molecule has 0 spiro atoms. The first-order valence-corrected chi connectivity index (χ1v) is 7.12. The number of carbonyl (C=O) groups excluding carboxylic acids is 1. The number of carbonyl (C=O) groups is 1. The monoisotopic (exact) mass is 332 g/mol. The fourth-order valence-corrected chi connectivity index (χ4v) is 2.75. The van der Waals surface area contributed by atoms with E-state index < -0.39 is 0 Å². The number of nitrogens with two attached hydrogens (primary N) is 1. The van der Waals surface area contributed by atoms with E-state index in [0.29, 0.717) is 16.9 Å². The molecule has 0 aliphatic carbocycles. The summed E-state index contributed by atoms with van der Waals surface area (Å²) in [4.78, 5) is 12.4. The van der Waals surface area contributed by atoms with Crippen molar-refractivity contribution in [2.75, 3.05) is 11.1 Å². The predicted molar refractivity (Wildman–Crippen MR) is 87.2 cm³/mol. The van der Waals surface area contributed by atoms with Gasteiger partial charge in [-0.3, -0.25) is 4.79 Å². The summed E-state index contributed by atoms with van der Waals surface area (Å²) in [6.07, 6.45) is 0. The lowest BCUT2D eigenvalue weighted by Crippen LogP contribution is -2.16. The van der Waals surface area contributed by atoms with Crippen LogP contribution in [0, 0.1) is 20.8 Å². The number of rotatable bonds is 2. The Morgan fingerprint density at radius 2 is 1.70 bits per heavy atom. The summed E-state index contributed by atoms with van der Waals surface area (Å²) in [6, 6.07) is 9.42. The Morgan fingerprint density at radius 1 is 1.10 bits per heavy atom. The smallest absolute Gasteiger partial charge is 0.256 e. The SMILES string of the molecule is Cc1cc(C)c(C(=O)Nc2ccc(Br)cc2N)c(C)c1. The fraction of sp³-hybridized carbons (Fsp3) is 0.188.